The van der Waals surface area contributed by atoms with Gasteiger partial charge in [0, 0.05) is 23.0 Å². The van der Waals surface area contributed by atoms with Crippen molar-refractivity contribution < 1.29 is 9.59 Å². The summed E-state index contributed by atoms with van der Waals surface area (Å²) in [5.41, 5.74) is 1.77. The van der Waals surface area contributed by atoms with Gasteiger partial charge in [0.15, 0.2) is 5.13 Å². The highest BCUT2D eigenvalue weighted by Crippen LogP contribution is 2.30. The second-order valence-corrected chi connectivity index (χ2v) is 8.86. The average Bonchev–Trinajstić information content (AvgIpc) is 3.18. The number of rotatable bonds is 8. The Morgan fingerprint density at radius 1 is 1.13 bits per heavy atom. The minimum atomic E-state index is -0.329. The van der Waals surface area contributed by atoms with Crippen LogP contribution in [-0.2, 0) is 11.3 Å². The number of halogens is 2. The number of carbonyl (C=O) groups excluding carboxylic acids is 2. The monoisotopic (exact) mass is 476 g/mol. The molecular weight excluding hydrogens is 455 g/mol. The Kier molecular flexibility index (Phi) is 7.90. The number of nitrogens with one attached hydrogen (secondary N) is 2. The first-order valence-corrected chi connectivity index (χ1v) is 11.3. The fraction of sp³-hybridized carbons (Fsp3) is 0.227. The summed E-state index contributed by atoms with van der Waals surface area (Å²) in [5.74, 6) is -0.553. The van der Waals surface area contributed by atoms with E-state index in [1.807, 2.05) is 44.2 Å². The molecule has 0 bridgehead atoms. The highest BCUT2D eigenvalue weighted by atomic mass is 35.5. The number of hydrogen-bond acceptors (Lipinski definition) is 5. The van der Waals surface area contributed by atoms with Crippen LogP contribution < -0.4 is 10.6 Å². The molecule has 0 unspecified atom stereocenters. The molecule has 0 saturated carbocycles. The molecule has 0 aliphatic carbocycles. The lowest BCUT2D eigenvalue weighted by atomic mass is 10.2. The van der Waals surface area contributed by atoms with Gasteiger partial charge in [0.25, 0.3) is 5.91 Å². The molecule has 6 nitrogen and oxygen atoms in total. The normalized spacial score (nSPS) is 10.7. The number of amides is 2. The molecule has 162 valence electrons. The Labute approximate surface area is 195 Å². The van der Waals surface area contributed by atoms with Crippen LogP contribution in [0, 0.1) is 0 Å². The fourth-order valence-corrected chi connectivity index (χ4v) is 3.88. The van der Waals surface area contributed by atoms with E-state index < -0.39 is 0 Å². The number of thiazole rings is 1. The van der Waals surface area contributed by atoms with Crippen LogP contribution >= 0.6 is 34.5 Å². The van der Waals surface area contributed by atoms with E-state index in [4.69, 9.17) is 23.2 Å². The van der Waals surface area contributed by atoms with Crippen molar-refractivity contribution in [3.05, 3.63) is 75.2 Å². The van der Waals surface area contributed by atoms with Crippen molar-refractivity contribution in [1.82, 2.24) is 15.2 Å². The molecule has 9 heteroatoms. The lowest BCUT2D eigenvalue weighted by molar-refractivity contribution is -0.122. The first kappa shape index (κ1) is 23.1. The smallest absolute Gasteiger partial charge is 0.274 e. The van der Waals surface area contributed by atoms with Gasteiger partial charge in [-0.2, -0.15) is 0 Å². The molecule has 0 saturated heterocycles. The molecule has 2 N–H and O–H groups in total. The van der Waals surface area contributed by atoms with Gasteiger partial charge in [-0.3, -0.25) is 9.59 Å². The van der Waals surface area contributed by atoms with Crippen molar-refractivity contribution >= 4 is 57.2 Å². The third kappa shape index (κ3) is 6.69. The lowest BCUT2D eigenvalue weighted by Crippen LogP contribution is -2.42. The summed E-state index contributed by atoms with van der Waals surface area (Å²) >= 11 is 13.5. The zero-order valence-electron chi connectivity index (χ0n) is 17.1. The number of aromatic nitrogens is 1. The Hall–Kier alpha value is -2.61. The number of carbonyl (C=O) groups is 2. The highest BCUT2D eigenvalue weighted by Gasteiger charge is 2.22. The van der Waals surface area contributed by atoms with E-state index in [-0.39, 0.29) is 30.1 Å². The summed E-state index contributed by atoms with van der Waals surface area (Å²) in [6, 6.07) is 14.6. The summed E-state index contributed by atoms with van der Waals surface area (Å²) in [4.78, 5) is 31.4. The minimum absolute atomic E-state index is 0.0151. The summed E-state index contributed by atoms with van der Waals surface area (Å²) in [6.45, 7) is 3.99. The molecule has 3 aromatic rings. The third-order valence-electron chi connectivity index (χ3n) is 4.18. The van der Waals surface area contributed by atoms with Gasteiger partial charge in [-0.25, -0.2) is 4.98 Å². The van der Waals surface area contributed by atoms with Crippen molar-refractivity contribution in [2.75, 3.05) is 11.9 Å². The van der Waals surface area contributed by atoms with Gasteiger partial charge in [-0.15, -0.1) is 11.3 Å². The SMILES string of the molecule is CC(C)NC(=O)CN(Cc1ccccc1)C(=O)c1csc(Nc2cc(Cl)ccc2Cl)n1. The zero-order chi connectivity index (χ0) is 22.4. The van der Waals surface area contributed by atoms with E-state index in [9.17, 15) is 9.59 Å². The van der Waals surface area contributed by atoms with E-state index in [1.54, 1.807) is 23.6 Å². The summed E-state index contributed by atoms with van der Waals surface area (Å²) in [6.07, 6.45) is 0. The second kappa shape index (κ2) is 10.6. The van der Waals surface area contributed by atoms with Gasteiger partial charge in [-0.1, -0.05) is 53.5 Å². The largest absolute Gasteiger partial charge is 0.352 e. The summed E-state index contributed by atoms with van der Waals surface area (Å²) < 4.78 is 0. The van der Waals surface area contributed by atoms with E-state index in [0.717, 1.165) is 5.56 Å². The molecule has 0 aliphatic heterocycles. The predicted molar refractivity (Wildman–Crippen MR) is 126 cm³/mol. The molecule has 0 atom stereocenters. The summed E-state index contributed by atoms with van der Waals surface area (Å²) in [5, 5.41) is 9.08. The molecule has 0 aliphatic rings. The summed E-state index contributed by atoms with van der Waals surface area (Å²) in [7, 11) is 0. The highest BCUT2D eigenvalue weighted by molar-refractivity contribution is 7.14. The molecule has 0 spiro atoms. The van der Waals surface area contributed by atoms with E-state index in [1.165, 1.54) is 16.2 Å². The lowest BCUT2D eigenvalue weighted by Gasteiger charge is -2.22. The van der Waals surface area contributed by atoms with Crippen LogP contribution in [0.4, 0.5) is 10.8 Å². The van der Waals surface area contributed by atoms with Crippen LogP contribution in [0.5, 0.6) is 0 Å². The zero-order valence-corrected chi connectivity index (χ0v) is 19.4. The second-order valence-electron chi connectivity index (χ2n) is 7.16. The van der Waals surface area contributed by atoms with Crippen molar-refractivity contribution in [3.63, 3.8) is 0 Å². The average molecular weight is 477 g/mol. The van der Waals surface area contributed by atoms with Gasteiger partial charge in [0.05, 0.1) is 10.7 Å². The fourth-order valence-electron chi connectivity index (χ4n) is 2.84. The van der Waals surface area contributed by atoms with Gasteiger partial charge in [-0.05, 0) is 37.6 Å². The maximum absolute atomic E-state index is 13.2. The van der Waals surface area contributed by atoms with E-state index >= 15 is 0 Å². The van der Waals surface area contributed by atoms with Gasteiger partial charge in [0.2, 0.25) is 5.91 Å². The molecule has 0 radical (unpaired) electrons. The Balaban J connectivity index is 1.78. The van der Waals surface area contributed by atoms with Gasteiger partial charge >= 0.3 is 0 Å². The number of benzene rings is 2. The molecular formula is C22H22Cl2N4O2S. The van der Waals surface area contributed by atoms with E-state index in [2.05, 4.69) is 15.6 Å². The van der Waals surface area contributed by atoms with Crippen molar-refractivity contribution in [2.45, 2.75) is 26.4 Å². The van der Waals surface area contributed by atoms with E-state index in [0.29, 0.717) is 27.4 Å². The maximum atomic E-state index is 13.2. The van der Waals surface area contributed by atoms with Crippen LogP contribution in [0.25, 0.3) is 0 Å². The van der Waals surface area contributed by atoms with Crippen molar-refractivity contribution in [3.8, 4) is 0 Å². The van der Waals surface area contributed by atoms with Gasteiger partial charge in [0.1, 0.15) is 12.2 Å². The van der Waals surface area contributed by atoms with Crippen LogP contribution in [-0.4, -0.2) is 34.3 Å². The molecule has 2 amide bonds. The Morgan fingerprint density at radius 3 is 2.58 bits per heavy atom. The third-order valence-corrected chi connectivity index (χ3v) is 5.50. The standard InChI is InChI=1S/C22H22Cl2N4O2S/c1-14(2)25-20(29)12-28(11-15-6-4-3-5-7-15)21(30)19-13-31-22(27-19)26-18-10-16(23)8-9-17(18)24/h3-10,13-14H,11-12H2,1-2H3,(H,25,29)(H,26,27). The minimum Gasteiger partial charge on any atom is -0.352 e. The molecule has 2 aromatic carbocycles. The quantitative estimate of drug-likeness (QED) is 0.458. The number of anilines is 2. The first-order valence-electron chi connectivity index (χ1n) is 9.62. The molecule has 3 rings (SSSR count). The Morgan fingerprint density at radius 2 is 1.87 bits per heavy atom. The van der Waals surface area contributed by atoms with Crippen molar-refractivity contribution in [2.24, 2.45) is 0 Å². The molecule has 1 aromatic heterocycles. The number of nitrogens with zero attached hydrogens (tertiary/aromatic N) is 2. The van der Waals surface area contributed by atoms with Crippen LogP contribution in [0.2, 0.25) is 10.0 Å². The molecule has 0 fully saturated rings. The number of hydrogen-bond donors (Lipinski definition) is 2. The topological polar surface area (TPSA) is 74.3 Å². The van der Waals surface area contributed by atoms with Gasteiger partial charge < -0.3 is 15.5 Å². The van der Waals surface area contributed by atoms with Crippen molar-refractivity contribution in [1.29, 1.82) is 0 Å². The first-order chi connectivity index (χ1) is 14.8. The van der Waals surface area contributed by atoms with Crippen LogP contribution in [0.15, 0.2) is 53.9 Å². The Bertz CT molecular complexity index is 1060. The predicted octanol–water partition coefficient (Wildman–Crippen LogP) is 5.36. The molecule has 1 heterocycles. The van der Waals surface area contributed by atoms with Crippen LogP contribution in [0.3, 0.4) is 0 Å². The maximum Gasteiger partial charge on any atom is 0.274 e. The van der Waals surface area contributed by atoms with Crippen LogP contribution in [0.1, 0.15) is 29.9 Å². The molecule has 31 heavy (non-hydrogen) atoms.